The van der Waals surface area contributed by atoms with Crippen molar-refractivity contribution in [3.8, 4) is 0 Å². The van der Waals surface area contributed by atoms with Crippen molar-refractivity contribution < 1.29 is 13.6 Å². The molecule has 1 aliphatic rings. The first kappa shape index (κ1) is 18.9. The van der Waals surface area contributed by atoms with Crippen LogP contribution < -0.4 is 10.6 Å². The third-order valence-electron chi connectivity index (χ3n) is 3.73. The van der Waals surface area contributed by atoms with E-state index < -0.39 is 24.9 Å². The van der Waals surface area contributed by atoms with Crippen LogP contribution in [-0.2, 0) is 4.79 Å². The van der Waals surface area contributed by atoms with Gasteiger partial charge in [0.15, 0.2) is 0 Å². The number of carbonyl (C=O) groups is 1. The molecule has 1 aliphatic heterocycles. The molecule has 0 saturated carbocycles. The van der Waals surface area contributed by atoms with Gasteiger partial charge in [0.05, 0.1) is 12.6 Å². The first-order valence-electron chi connectivity index (χ1n) is 6.32. The minimum atomic E-state index is -2.76. The van der Waals surface area contributed by atoms with Crippen LogP contribution in [0.2, 0.25) is 0 Å². The standard InChI is InChI=1S/C12H22F2N2OS.ClH/c1-4-11(5-2,18-3)7-16-10(17)9-6-12(13,14)8-15-9;/h9,15H,4-8H2,1-3H3,(H,16,17);1H. The van der Waals surface area contributed by atoms with Gasteiger partial charge in [-0.2, -0.15) is 11.8 Å². The highest BCUT2D eigenvalue weighted by Crippen LogP contribution is 2.30. The van der Waals surface area contributed by atoms with Crippen LogP contribution in [0.15, 0.2) is 0 Å². The summed E-state index contributed by atoms with van der Waals surface area (Å²) in [5, 5.41) is 5.37. The van der Waals surface area contributed by atoms with Crippen LogP contribution in [0.25, 0.3) is 0 Å². The smallest absolute Gasteiger partial charge is 0.262 e. The van der Waals surface area contributed by atoms with E-state index >= 15 is 0 Å². The van der Waals surface area contributed by atoms with Crippen molar-refractivity contribution in [2.45, 2.75) is 49.8 Å². The fourth-order valence-corrected chi connectivity index (χ4v) is 2.93. The molecule has 1 unspecified atom stereocenters. The number of alkyl halides is 2. The molecule has 1 rings (SSSR count). The van der Waals surface area contributed by atoms with E-state index in [0.717, 1.165) is 12.8 Å². The summed E-state index contributed by atoms with van der Waals surface area (Å²) in [6, 6.07) is -0.756. The molecular formula is C12H23ClF2N2OS. The van der Waals surface area contributed by atoms with E-state index in [9.17, 15) is 13.6 Å². The molecule has 0 aliphatic carbocycles. The number of rotatable bonds is 6. The number of halogens is 3. The average Bonchev–Trinajstić information content (AvgIpc) is 2.72. The highest BCUT2D eigenvalue weighted by Gasteiger charge is 2.42. The summed E-state index contributed by atoms with van der Waals surface area (Å²) in [5.41, 5.74) is 0. The summed E-state index contributed by atoms with van der Waals surface area (Å²) >= 11 is 1.72. The van der Waals surface area contributed by atoms with Crippen LogP contribution in [0.1, 0.15) is 33.1 Å². The van der Waals surface area contributed by atoms with Crippen molar-refractivity contribution in [1.29, 1.82) is 0 Å². The molecule has 1 fully saturated rings. The van der Waals surface area contributed by atoms with Gasteiger partial charge < -0.3 is 5.32 Å². The fraction of sp³-hybridized carbons (Fsp3) is 0.917. The number of nitrogens with one attached hydrogen (secondary N) is 2. The first-order chi connectivity index (χ1) is 8.38. The molecule has 1 heterocycles. The Kier molecular flexibility index (Phi) is 7.62. The molecule has 7 heteroatoms. The second-order valence-corrected chi connectivity index (χ2v) is 6.08. The zero-order chi connectivity index (χ0) is 13.8. The van der Waals surface area contributed by atoms with Crippen molar-refractivity contribution in [2.75, 3.05) is 19.3 Å². The normalized spacial score (nSPS) is 21.8. The third kappa shape index (κ3) is 5.08. The molecule has 0 aromatic carbocycles. The molecule has 1 saturated heterocycles. The topological polar surface area (TPSA) is 41.1 Å². The highest BCUT2D eigenvalue weighted by atomic mass is 35.5. The van der Waals surface area contributed by atoms with Crippen LogP contribution in [0.3, 0.4) is 0 Å². The lowest BCUT2D eigenvalue weighted by Crippen LogP contribution is -2.46. The Labute approximate surface area is 124 Å². The van der Waals surface area contributed by atoms with Gasteiger partial charge in [0, 0.05) is 17.7 Å². The molecule has 1 atom stereocenters. The lowest BCUT2D eigenvalue weighted by Gasteiger charge is -2.30. The molecule has 0 radical (unpaired) electrons. The van der Waals surface area contributed by atoms with E-state index in [-0.39, 0.29) is 23.1 Å². The van der Waals surface area contributed by atoms with Crippen LogP contribution in [0, 0.1) is 0 Å². The SMILES string of the molecule is CCC(CC)(CNC(=O)C1CC(F)(F)CN1)SC.Cl. The van der Waals surface area contributed by atoms with Gasteiger partial charge in [-0.05, 0) is 19.1 Å². The lowest BCUT2D eigenvalue weighted by atomic mass is 10.0. The van der Waals surface area contributed by atoms with Crippen molar-refractivity contribution in [3.63, 3.8) is 0 Å². The van der Waals surface area contributed by atoms with Gasteiger partial charge in [0.1, 0.15) is 0 Å². The maximum absolute atomic E-state index is 13.0. The Bertz CT molecular complexity index is 293. The summed E-state index contributed by atoms with van der Waals surface area (Å²) < 4.78 is 26.0. The van der Waals surface area contributed by atoms with E-state index in [4.69, 9.17) is 0 Å². The summed E-state index contributed by atoms with van der Waals surface area (Å²) in [4.78, 5) is 11.8. The largest absolute Gasteiger partial charge is 0.353 e. The van der Waals surface area contributed by atoms with Gasteiger partial charge in [0.25, 0.3) is 5.92 Å². The average molecular weight is 317 g/mol. The monoisotopic (exact) mass is 316 g/mol. The number of hydrogen-bond acceptors (Lipinski definition) is 3. The summed E-state index contributed by atoms with van der Waals surface area (Å²) in [5.74, 6) is -3.07. The number of carbonyl (C=O) groups excluding carboxylic acids is 1. The molecular weight excluding hydrogens is 294 g/mol. The Morgan fingerprint density at radius 1 is 1.47 bits per heavy atom. The molecule has 1 amide bonds. The van der Waals surface area contributed by atoms with Crippen LogP contribution in [-0.4, -0.2) is 42.0 Å². The fourth-order valence-electron chi connectivity index (χ4n) is 2.13. The zero-order valence-electron chi connectivity index (χ0n) is 11.6. The Balaban J connectivity index is 0.00000324. The lowest BCUT2D eigenvalue weighted by molar-refractivity contribution is -0.123. The molecule has 114 valence electrons. The van der Waals surface area contributed by atoms with Crippen LogP contribution in [0.5, 0.6) is 0 Å². The predicted molar refractivity (Wildman–Crippen MR) is 78.4 cm³/mol. The van der Waals surface area contributed by atoms with Gasteiger partial charge in [-0.15, -0.1) is 12.4 Å². The molecule has 0 aromatic heterocycles. The number of amides is 1. The highest BCUT2D eigenvalue weighted by molar-refractivity contribution is 8.00. The number of thioether (sulfide) groups is 1. The van der Waals surface area contributed by atoms with Crippen molar-refractivity contribution in [3.05, 3.63) is 0 Å². The number of hydrogen-bond donors (Lipinski definition) is 2. The molecule has 3 nitrogen and oxygen atoms in total. The van der Waals surface area contributed by atoms with Gasteiger partial charge in [-0.3, -0.25) is 10.1 Å². The van der Waals surface area contributed by atoms with Crippen molar-refractivity contribution in [1.82, 2.24) is 10.6 Å². The second-order valence-electron chi connectivity index (χ2n) is 4.81. The Hall–Kier alpha value is -0.0700. The van der Waals surface area contributed by atoms with Gasteiger partial charge in [-0.1, -0.05) is 13.8 Å². The molecule has 0 aromatic rings. The van der Waals surface area contributed by atoms with E-state index in [2.05, 4.69) is 24.5 Å². The quantitative estimate of drug-likeness (QED) is 0.791. The molecule has 0 spiro atoms. The van der Waals surface area contributed by atoms with Gasteiger partial charge >= 0.3 is 0 Å². The van der Waals surface area contributed by atoms with Crippen LogP contribution >= 0.6 is 24.2 Å². The van der Waals surface area contributed by atoms with Crippen molar-refractivity contribution in [2.24, 2.45) is 0 Å². The second kappa shape index (κ2) is 7.64. The molecule has 0 bridgehead atoms. The third-order valence-corrected chi connectivity index (χ3v) is 5.32. The van der Waals surface area contributed by atoms with Gasteiger partial charge in [-0.25, -0.2) is 8.78 Å². The van der Waals surface area contributed by atoms with E-state index in [1.54, 1.807) is 11.8 Å². The molecule has 2 N–H and O–H groups in total. The Morgan fingerprint density at radius 3 is 2.42 bits per heavy atom. The summed E-state index contributed by atoms with van der Waals surface area (Å²) in [6.07, 6.45) is 3.50. The maximum Gasteiger partial charge on any atom is 0.262 e. The first-order valence-corrected chi connectivity index (χ1v) is 7.54. The minimum Gasteiger partial charge on any atom is -0.353 e. The predicted octanol–water partition coefficient (Wildman–Crippen LogP) is 2.44. The van der Waals surface area contributed by atoms with Crippen LogP contribution in [0.4, 0.5) is 8.78 Å². The maximum atomic E-state index is 13.0. The Morgan fingerprint density at radius 2 is 2.05 bits per heavy atom. The minimum absolute atomic E-state index is 0. The van der Waals surface area contributed by atoms with Crippen molar-refractivity contribution >= 4 is 30.1 Å². The van der Waals surface area contributed by atoms with E-state index in [0.29, 0.717) is 6.54 Å². The molecule has 19 heavy (non-hydrogen) atoms. The summed E-state index contributed by atoms with van der Waals surface area (Å²) in [6.45, 7) is 4.28. The summed E-state index contributed by atoms with van der Waals surface area (Å²) in [7, 11) is 0. The van der Waals surface area contributed by atoms with E-state index in [1.807, 2.05) is 6.26 Å². The van der Waals surface area contributed by atoms with E-state index in [1.165, 1.54) is 0 Å². The zero-order valence-corrected chi connectivity index (χ0v) is 13.2. The van der Waals surface area contributed by atoms with Gasteiger partial charge in [0.2, 0.25) is 5.91 Å².